The summed E-state index contributed by atoms with van der Waals surface area (Å²) in [5.74, 6) is 1.17. The normalized spacial score (nSPS) is 14.3. The monoisotopic (exact) mass is 410 g/mol. The first-order chi connectivity index (χ1) is 14.6. The molecule has 160 valence electrons. The number of rotatable bonds is 9. The van der Waals surface area contributed by atoms with Crippen molar-refractivity contribution in [2.24, 2.45) is 5.92 Å². The highest BCUT2D eigenvalue weighted by molar-refractivity contribution is 5.80. The van der Waals surface area contributed by atoms with Gasteiger partial charge in [-0.25, -0.2) is 0 Å². The van der Waals surface area contributed by atoms with Gasteiger partial charge in [0.05, 0.1) is 13.0 Å². The van der Waals surface area contributed by atoms with Gasteiger partial charge in [-0.2, -0.15) is 0 Å². The molecule has 2 aromatic carbocycles. The number of ether oxygens (including phenoxy) is 1. The number of amides is 2. The Morgan fingerprint density at radius 1 is 1.03 bits per heavy atom. The molecule has 1 saturated heterocycles. The second-order valence-corrected chi connectivity index (χ2v) is 7.63. The zero-order valence-corrected chi connectivity index (χ0v) is 17.3. The zero-order chi connectivity index (χ0) is 21.2. The van der Waals surface area contributed by atoms with Crippen LogP contribution in [0.2, 0.25) is 0 Å². The molecule has 3 rings (SSSR count). The van der Waals surface area contributed by atoms with Crippen LogP contribution in [0.1, 0.15) is 31.2 Å². The average Bonchev–Trinajstić information content (AvgIpc) is 2.78. The third kappa shape index (κ3) is 6.79. The molecule has 0 saturated carbocycles. The van der Waals surface area contributed by atoms with Crippen molar-refractivity contribution in [1.29, 1.82) is 0 Å². The van der Waals surface area contributed by atoms with E-state index in [4.69, 9.17) is 4.74 Å². The number of hydrogen-bond acceptors (Lipinski definition) is 4. The number of aromatic hydroxyl groups is 1. The van der Waals surface area contributed by atoms with Crippen LogP contribution in [0, 0.1) is 5.92 Å². The number of carbonyl (C=O) groups excluding carboxylic acids is 2. The van der Waals surface area contributed by atoms with Crippen LogP contribution in [0.15, 0.2) is 54.6 Å². The molecule has 2 N–H and O–H groups in total. The maximum atomic E-state index is 12.4. The number of hydrogen-bond donors (Lipinski definition) is 2. The van der Waals surface area contributed by atoms with Gasteiger partial charge in [-0.05, 0) is 55.5 Å². The summed E-state index contributed by atoms with van der Waals surface area (Å²) >= 11 is 0. The van der Waals surface area contributed by atoms with Crippen LogP contribution in [0.25, 0.3) is 0 Å². The van der Waals surface area contributed by atoms with Gasteiger partial charge in [0.2, 0.25) is 11.8 Å². The molecule has 1 aliphatic heterocycles. The van der Waals surface area contributed by atoms with Crippen LogP contribution in [0.5, 0.6) is 11.5 Å². The van der Waals surface area contributed by atoms with Crippen molar-refractivity contribution in [2.75, 3.05) is 26.2 Å². The number of nitrogens with zero attached hydrogens (tertiary/aromatic N) is 1. The Kier molecular flexibility index (Phi) is 8.12. The van der Waals surface area contributed by atoms with Gasteiger partial charge in [-0.3, -0.25) is 9.59 Å². The summed E-state index contributed by atoms with van der Waals surface area (Å²) in [4.78, 5) is 26.6. The molecule has 1 fully saturated rings. The van der Waals surface area contributed by atoms with Crippen molar-refractivity contribution in [1.82, 2.24) is 10.2 Å². The number of likely N-dealkylation sites (tertiary alicyclic amines) is 1. The highest BCUT2D eigenvalue weighted by atomic mass is 16.5. The lowest BCUT2D eigenvalue weighted by Crippen LogP contribution is -2.43. The van der Waals surface area contributed by atoms with E-state index in [0.717, 1.165) is 24.2 Å². The number of aryl methyl sites for hydroxylation is 1. The molecular formula is C24H30N2O4. The van der Waals surface area contributed by atoms with Crippen LogP contribution >= 0.6 is 0 Å². The van der Waals surface area contributed by atoms with Gasteiger partial charge in [-0.1, -0.05) is 30.3 Å². The van der Waals surface area contributed by atoms with E-state index in [9.17, 15) is 14.7 Å². The van der Waals surface area contributed by atoms with Gasteiger partial charge >= 0.3 is 0 Å². The Balaban J connectivity index is 1.28. The maximum Gasteiger partial charge on any atom is 0.225 e. The second kappa shape index (κ2) is 11.2. The number of benzene rings is 2. The van der Waals surface area contributed by atoms with Gasteiger partial charge in [0.25, 0.3) is 0 Å². The van der Waals surface area contributed by atoms with Crippen molar-refractivity contribution in [3.63, 3.8) is 0 Å². The SMILES string of the molecule is O=C(NCCCc1ccc(O)cc1)C1CCN(C(=O)CCOc2ccccc2)CC1. The van der Waals surface area contributed by atoms with Crippen molar-refractivity contribution < 1.29 is 19.4 Å². The van der Waals surface area contributed by atoms with Crippen molar-refractivity contribution in [3.05, 3.63) is 60.2 Å². The number of nitrogens with one attached hydrogen (secondary N) is 1. The van der Waals surface area contributed by atoms with Gasteiger partial charge in [0.1, 0.15) is 11.5 Å². The second-order valence-electron chi connectivity index (χ2n) is 7.63. The molecule has 0 aromatic heterocycles. The molecule has 2 aromatic rings. The summed E-state index contributed by atoms with van der Waals surface area (Å²) in [5, 5.41) is 12.3. The summed E-state index contributed by atoms with van der Waals surface area (Å²) < 4.78 is 5.60. The van der Waals surface area contributed by atoms with E-state index in [2.05, 4.69) is 5.32 Å². The fourth-order valence-electron chi connectivity index (χ4n) is 3.63. The fourth-order valence-corrected chi connectivity index (χ4v) is 3.63. The number of para-hydroxylation sites is 1. The lowest BCUT2D eigenvalue weighted by molar-refractivity contribution is -0.136. The molecule has 0 radical (unpaired) electrons. The Labute approximate surface area is 177 Å². The molecule has 30 heavy (non-hydrogen) atoms. The maximum absolute atomic E-state index is 12.4. The Morgan fingerprint density at radius 2 is 1.73 bits per heavy atom. The summed E-state index contributed by atoms with van der Waals surface area (Å²) in [6.45, 7) is 2.24. The van der Waals surface area contributed by atoms with Crippen LogP contribution < -0.4 is 10.1 Å². The molecule has 6 nitrogen and oxygen atoms in total. The fraction of sp³-hybridized carbons (Fsp3) is 0.417. The standard InChI is InChI=1S/C24H30N2O4/c27-21-10-8-19(9-11-21)5-4-15-25-24(29)20-12-16-26(17-13-20)23(28)14-18-30-22-6-2-1-3-7-22/h1-3,6-11,20,27H,4-5,12-18H2,(H,25,29). The quantitative estimate of drug-likeness (QED) is 0.623. The van der Waals surface area contributed by atoms with Crippen molar-refractivity contribution in [2.45, 2.75) is 32.1 Å². The Morgan fingerprint density at radius 3 is 2.43 bits per heavy atom. The number of carbonyl (C=O) groups is 2. The van der Waals surface area contributed by atoms with Crippen LogP contribution in [-0.4, -0.2) is 48.1 Å². The molecule has 0 unspecified atom stereocenters. The first-order valence-electron chi connectivity index (χ1n) is 10.6. The minimum Gasteiger partial charge on any atom is -0.508 e. The first kappa shape index (κ1) is 21.7. The Bertz CT molecular complexity index is 800. The van der Waals surface area contributed by atoms with E-state index in [-0.39, 0.29) is 23.5 Å². The van der Waals surface area contributed by atoms with Crippen LogP contribution in [0.3, 0.4) is 0 Å². The lowest BCUT2D eigenvalue weighted by atomic mass is 9.95. The van der Waals surface area contributed by atoms with Gasteiger partial charge in [0.15, 0.2) is 0 Å². The van der Waals surface area contributed by atoms with Crippen molar-refractivity contribution in [3.8, 4) is 11.5 Å². The van der Waals surface area contributed by atoms with E-state index in [1.165, 1.54) is 0 Å². The van der Waals surface area contributed by atoms with E-state index in [1.807, 2.05) is 47.4 Å². The van der Waals surface area contributed by atoms with E-state index in [1.54, 1.807) is 12.1 Å². The summed E-state index contributed by atoms with van der Waals surface area (Å²) in [5.41, 5.74) is 1.14. The van der Waals surface area contributed by atoms with Crippen molar-refractivity contribution >= 4 is 11.8 Å². The highest BCUT2D eigenvalue weighted by Crippen LogP contribution is 2.18. The first-order valence-corrected chi connectivity index (χ1v) is 10.6. The average molecular weight is 411 g/mol. The number of phenols is 1. The van der Waals surface area contributed by atoms with Crippen LogP contribution in [-0.2, 0) is 16.0 Å². The predicted octanol–water partition coefficient (Wildman–Crippen LogP) is 3.15. The molecule has 0 aliphatic carbocycles. The topological polar surface area (TPSA) is 78.9 Å². The molecular weight excluding hydrogens is 380 g/mol. The van der Waals surface area contributed by atoms with Gasteiger partial charge in [0, 0.05) is 25.6 Å². The number of piperidine rings is 1. The third-order valence-electron chi connectivity index (χ3n) is 5.42. The minimum atomic E-state index is -0.0247. The van der Waals surface area contributed by atoms with Crippen LogP contribution in [0.4, 0.5) is 0 Å². The lowest BCUT2D eigenvalue weighted by Gasteiger charge is -2.31. The third-order valence-corrected chi connectivity index (χ3v) is 5.42. The number of phenolic OH excluding ortho intramolecular Hbond substituents is 1. The van der Waals surface area contributed by atoms with Gasteiger partial charge < -0.3 is 20.1 Å². The highest BCUT2D eigenvalue weighted by Gasteiger charge is 2.26. The molecule has 0 spiro atoms. The molecule has 2 amide bonds. The predicted molar refractivity (Wildman–Crippen MR) is 115 cm³/mol. The van der Waals surface area contributed by atoms with Gasteiger partial charge in [-0.15, -0.1) is 0 Å². The summed E-state index contributed by atoms with van der Waals surface area (Å²) in [7, 11) is 0. The molecule has 0 bridgehead atoms. The Hall–Kier alpha value is -3.02. The summed E-state index contributed by atoms with van der Waals surface area (Å²) in [6, 6.07) is 16.6. The molecule has 0 atom stereocenters. The zero-order valence-electron chi connectivity index (χ0n) is 17.3. The molecule has 6 heteroatoms. The minimum absolute atomic E-state index is 0.0247. The van der Waals surface area contributed by atoms with E-state index >= 15 is 0 Å². The van der Waals surface area contributed by atoms with E-state index in [0.29, 0.717) is 45.5 Å². The smallest absolute Gasteiger partial charge is 0.225 e. The molecule has 1 aliphatic rings. The summed E-state index contributed by atoms with van der Waals surface area (Å²) in [6.07, 6.45) is 3.47. The molecule has 1 heterocycles. The van der Waals surface area contributed by atoms with E-state index < -0.39 is 0 Å². The largest absolute Gasteiger partial charge is 0.508 e.